The van der Waals surface area contributed by atoms with Crippen molar-refractivity contribution < 1.29 is 19.1 Å². The van der Waals surface area contributed by atoms with E-state index in [1.54, 1.807) is 35.2 Å². The average Bonchev–Trinajstić information content (AvgIpc) is 3.26. The number of aryl methyl sites for hydroxylation is 2. The molecule has 4 aromatic rings. The zero-order chi connectivity index (χ0) is 25.2. The molecule has 0 aliphatic carbocycles. The van der Waals surface area contributed by atoms with E-state index >= 15 is 0 Å². The molecule has 0 fully saturated rings. The lowest BCUT2D eigenvalue weighted by Gasteiger charge is -2.33. The van der Waals surface area contributed by atoms with Crippen molar-refractivity contribution in [1.82, 2.24) is 4.90 Å². The minimum atomic E-state index is -1.72. The van der Waals surface area contributed by atoms with E-state index in [0.29, 0.717) is 16.6 Å². The van der Waals surface area contributed by atoms with E-state index < -0.39 is 22.8 Å². The molecule has 1 unspecified atom stereocenters. The fraction of sp³-hybridized carbons (Fsp3) is 0.207. The molecule has 1 N–H and O–H groups in total. The Hall–Kier alpha value is -4.23. The van der Waals surface area contributed by atoms with Gasteiger partial charge in [0.05, 0.1) is 29.8 Å². The monoisotopic (exact) mass is 480 g/mol. The van der Waals surface area contributed by atoms with Crippen molar-refractivity contribution in [2.24, 2.45) is 0 Å². The number of carbonyl (C=O) groups is 2. The van der Waals surface area contributed by atoms with Crippen molar-refractivity contribution in [2.45, 2.75) is 25.9 Å². The Bertz CT molecular complexity index is 1640. The molecule has 0 saturated carbocycles. The Balaban J connectivity index is 1.67. The molecule has 1 spiro atoms. The van der Waals surface area contributed by atoms with Gasteiger partial charge in [0.1, 0.15) is 5.58 Å². The Morgan fingerprint density at radius 3 is 2.47 bits per heavy atom. The number of carbonyl (C=O) groups excluding carboxylic acids is 2. The predicted octanol–water partition coefficient (Wildman–Crippen LogP) is 3.65. The number of β-amino-alcohol motifs (C(OH)–C–C–N with tert-alkyl or cyclic N) is 1. The van der Waals surface area contributed by atoms with Gasteiger partial charge in [-0.1, -0.05) is 54.1 Å². The Kier molecular flexibility index (Phi) is 4.88. The number of hydrogen-bond donors (Lipinski definition) is 1. The number of fused-ring (bicyclic) bond motifs is 5. The lowest BCUT2D eigenvalue weighted by Crippen LogP contribution is -2.54. The number of aliphatic hydroxyl groups excluding tert-OH is 1. The topological polar surface area (TPSA) is 91.1 Å². The third kappa shape index (κ3) is 2.80. The normalized spacial score (nSPS) is 18.4. The van der Waals surface area contributed by atoms with Crippen LogP contribution in [0.4, 0.5) is 5.69 Å². The van der Waals surface area contributed by atoms with Crippen molar-refractivity contribution in [3.05, 3.63) is 111 Å². The zero-order valence-electron chi connectivity index (χ0n) is 19.9. The number of para-hydroxylation sites is 1. The number of aliphatic hydroxyl groups is 1. The van der Waals surface area contributed by atoms with Crippen LogP contribution in [0.25, 0.3) is 11.0 Å². The van der Waals surface area contributed by atoms with Gasteiger partial charge < -0.3 is 19.3 Å². The lowest BCUT2D eigenvalue weighted by atomic mass is 9.84. The second-order valence-electron chi connectivity index (χ2n) is 9.36. The molecule has 7 heteroatoms. The molecule has 1 aromatic heterocycles. The summed E-state index contributed by atoms with van der Waals surface area (Å²) in [5.41, 5.74) is 2.17. The van der Waals surface area contributed by atoms with Crippen molar-refractivity contribution in [1.29, 1.82) is 0 Å². The first-order valence-corrected chi connectivity index (χ1v) is 11.9. The van der Waals surface area contributed by atoms with E-state index in [-0.39, 0.29) is 36.6 Å². The van der Waals surface area contributed by atoms with Crippen LogP contribution in [0.15, 0.2) is 75.9 Å². The summed E-state index contributed by atoms with van der Waals surface area (Å²) in [5.74, 6) is -1.14. The molecule has 0 saturated heterocycles. The van der Waals surface area contributed by atoms with Crippen LogP contribution >= 0.6 is 0 Å². The van der Waals surface area contributed by atoms with Gasteiger partial charge in [0.15, 0.2) is 11.0 Å². The summed E-state index contributed by atoms with van der Waals surface area (Å²) in [6.45, 7) is 3.62. The highest BCUT2D eigenvalue weighted by Crippen LogP contribution is 2.52. The zero-order valence-corrected chi connectivity index (χ0v) is 19.9. The standard InChI is InChI=1S/C29H24N2O5/c1-17-11-12-23-20(15-17)25(33)24-26(36-23)27(34)31(13-14-32)29(24)21-9-5-6-10-22(21)30(28(29)35)16-19-8-4-3-7-18(19)2/h3-12,15,32H,13-14,16H2,1-2H3. The van der Waals surface area contributed by atoms with E-state index in [9.17, 15) is 19.5 Å². The van der Waals surface area contributed by atoms with Crippen LogP contribution in [-0.2, 0) is 16.9 Å². The van der Waals surface area contributed by atoms with Crippen molar-refractivity contribution in [3.8, 4) is 0 Å². The van der Waals surface area contributed by atoms with Gasteiger partial charge in [0.2, 0.25) is 5.76 Å². The first-order chi connectivity index (χ1) is 17.4. The summed E-state index contributed by atoms with van der Waals surface area (Å²) in [6, 6.07) is 20.2. The van der Waals surface area contributed by atoms with Gasteiger partial charge in [-0.05, 0) is 43.2 Å². The van der Waals surface area contributed by atoms with Gasteiger partial charge in [-0.2, -0.15) is 0 Å². The van der Waals surface area contributed by atoms with Gasteiger partial charge in [-0.25, -0.2) is 0 Å². The molecule has 2 aliphatic heterocycles. The molecule has 6 rings (SSSR count). The molecular weight excluding hydrogens is 456 g/mol. The highest BCUT2D eigenvalue weighted by atomic mass is 16.3. The van der Waals surface area contributed by atoms with Gasteiger partial charge in [-0.3, -0.25) is 14.4 Å². The highest BCUT2D eigenvalue weighted by molar-refractivity contribution is 6.17. The fourth-order valence-corrected chi connectivity index (χ4v) is 5.62. The second-order valence-corrected chi connectivity index (χ2v) is 9.36. The average molecular weight is 481 g/mol. The minimum absolute atomic E-state index is 0.0174. The van der Waals surface area contributed by atoms with E-state index in [0.717, 1.165) is 16.7 Å². The first kappa shape index (κ1) is 22.2. The van der Waals surface area contributed by atoms with E-state index in [2.05, 4.69) is 0 Å². The summed E-state index contributed by atoms with van der Waals surface area (Å²) in [4.78, 5) is 45.2. The molecule has 1 atom stereocenters. The largest absolute Gasteiger partial charge is 0.450 e. The molecular formula is C29H24N2O5. The third-order valence-electron chi connectivity index (χ3n) is 7.30. The quantitative estimate of drug-likeness (QED) is 0.482. The fourth-order valence-electron chi connectivity index (χ4n) is 5.62. The van der Waals surface area contributed by atoms with Crippen LogP contribution in [0.1, 0.15) is 38.4 Å². The summed E-state index contributed by atoms with van der Waals surface area (Å²) >= 11 is 0. The van der Waals surface area contributed by atoms with Crippen LogP contribution in [0.3, 0.4) is 0 Å². The van der Waals surface area contributed by atoms with Crippen molar-refractivity contribution >= 4 is 28.5 Å². The van der Waals surface area contributed by atoms with Crippen LogP contribution in [0.2, 0.25) is 0 Å². The van der Waals surface area contributed by atoms with E-state index in [4.69, 9.17) is 4.42 Å². The Morgan fingerprint density at radius 1 is 0.944 bits per heavy atom. The number of nitrogens with zero attached hydrogens (tertiary/aromatic N) is 2. The minimum Gasteiger partial charge on any atom is -0.450 e. The summed E-state index contributed by atoms with van der Waals surface area (Å²) in [5, 5.41) is 10.2. The van der Waals surface area contributed by atoms with E-state index in [1.807, 2.05) is 50.2 Å². The molecule has 3 aromatic carbocycles. The van der Waals surface area contributed by atoms with E-state index in [1.165, 1.54) is 4.90 Å². The number of rotatable bonds is 4. The summed E-state index contributed by atoms with van der Waals surface area (Å²) in [6.07, 6.45) is 0. The van der Waals surface area contributed by atoms with Crippen LogP contribution in [-0.4, -0.2) is 35.0 Å². The molecule has 180 valence electrons. The van der Waals surface area contributed by atoms with Gasteiger partial charge in [-0.15, -0.1) is 0 Å². The smallest absolute Gasteiger partial charge is 0.291 e. The van der Waals surface area contributed by atoms with Crippen LogP contribution in [0, 0.1) is 13.8 Å². The molecule has 2 aliphatic rings. The molecule has 0 bridgehead atoms. The SMILES string of the molecule is Cc1ccc2oc3c(c(=O)c2c1)C1(C(=O)N(Cc2ccccc2C)c2ccccc21)N(CCO)C3=O. The van der Waals surface area contributed by atoms with Gasteiger partial charge in [0.25, 0.3) is 11.8 Å². The maximum absolute atomic E-state index is 14.5. The van der Waals surface area contributed by atoms with Gasteiger partial charge in [0, 0.05) is 12.1 Å². The van der Waals surface area contributed by atoms with Crippen molar-refractivity contribution in [2.75, 3.05) is 18.1 Å². The number of anilines is 1. The highest BCUT2D eigenvalue weighted by Gasteiger charge is 2.64. The number of benzene rings is 3. The second kappa shape index (κ2) is 7.90. The molecule has 7 nitrogen and oxygen atoms in total. The predicted molar refractivity (Wildman–Crippen MR) is 135 cm³/mol. The van der Waals surface area contributed by atoms with Crippen molar-refractivity contribution in [3.63, 3.8) is 0 Å². The molecule has 36 heavy (non-hydrogen) atoms. The third-order valence-corrected chi connectivity index (χ3v) is 7.30. The summed E-state index contributed by atoms with van der Waals surface area (Å²) in [7, 11) is 0. The summed E-state index contributed by atoms with van der Waals surface area (Å²) < 4.78 is 6.01. The maximum atomic E-state index is 14.5. The van der Waals surface area contributed by atoms with Crippen LogP contribution in [0.5, 0.6) is 0 Å². The van der Waals surface area contributed by atoms with Crippen LogP contribution < -0.4 is 10.3 Å². The first-order valence-electron chi connectivity index (χ1n) is 11.9. The Labute approximate surface area is 207 Å². The maximum Gasteiger partial charge on any atom is 0.291 e. The number of hydrogen-bond acceptors (Lipinski definition) is 5. The van der Waals surface area contributed by atoms with Gasteiger partial charge >= 0.3 is 0 Å². The molecule has 2 amide bonds. The lowest BCUT2D eigenvalue weighted by molar-refractivity contribution is -0.126. The molecule has 0 radical (unpaired) electrons. The molecule has 3 heterocycles. The Morgan fingerprint density at radius 2 is 1.69 bits per heavy atom. The number of amides is 2.